The van der Waals surface area contributed by atoms with E-state index in [9.17, 15) is 19.5 Å². The van der Waals surface area contributed by atoms with Crippen LogP contribution in [0.5, 0.6) is 0 Å². The SMILES string of the molecule is C=CCCCOC(=O)[C@H]1[C@@H]2OC3(CC2Br)C(C(=O)N(CC=C)C(C)CCC)N(CCCCO)C(=O)[C@H]13. The quantitative estimate of drug-likeness (QED) is 0.141. The van der Waals surface area contributed by atoms with Gasteiger partial charge in [0, 0.05) is 30.6 Å². The van der Waals surface area contributed by atoms with E-state index in [1.54, 1.807) is 22.0 Å². The highest BCUT2D eigenvalue weighted by Gasteiger charge is 2.77. The Labute approximate surface area is 223 Å². The number of allylic oxidation sites excluding steroid dienone is 1. The minimum atomic E-state index is -1.09. The molecule has 1 N–H and O–H groups in total. The number of aliphatic hydroxyl groups excluding tert-OH is 1. The Morgan fingerprint density at radius 3 is 2.72 bits per heavy atom. The van der Waals surface area contributed by atoms with Crippen molar-refractivity contribution in [3.63, 3.8) is 0 Å². The lowest BCUT2D eigenvalue weighted by Gasteiger charge is -2.39. The van der Waals surface area contributed by atoms with Crippen LogP contribution in [0.1, 0.15) is 58.8 Å². The fourth-order valence-electron chi connectivity index (χ4n) is 6.17. The first kappa shape index (κ1) is 28.9. The lowest BCUT2D eigenvalue weighted by atomic mass is 9.70. The van der Waals surface area contributed by atoms with Crippen LogP contribution in [0.3, 0.4) is 0 Å². The summed E-state index contributed by atoms with van der Waals surface area (Å²) in [4.78, 5) is 44.6. The van der Waals surface area contributed by atoms with E-state index in [1.807, 2.05) is 6.92 Å². The van der Waals surface area contributed by atoms with E-state index in [4.69, 9.17) is 9.47 Å². The first-order valence-corrected chi connectivity index (χ1v) is 14.1. The predicted octanol–water partition coefficient (Wildman–Crippen LogP) is 3.22. The molecule has 2 amide bonds. The molecule has 3 fully saturated rings. The van der Waals surface area contributed by atoms with Gasteiger partial charge in [-0.05, 0) is 45.4 Å². The summed E-state index contributed by atoms with van der Waals surface area (Å²) in [5.74, 6) is -2.38. The van der Waals surface area contributed by atoms with Crippen LogP contribution in [-0.4, -0.2) is 87.6 Å². The molecular formula is C27H41BrN2O6. The van der Waals surface area contributed by atoms with Crippen LogP contribution in [0.2, 0.25) is 0 Å². The number of likely N-dealkylation sites (tertiary alicyclic amines) is 1. The van der Waals surface area contributed by atoms with E-state index in [2.05, 4.69) is 36.0 Å². The Balaban J connectivity index is 1.97. The Kier molecular flexibility index (Phi) is 10.2. The summed E-state index contributed by atoms with van der Waals surface area (Å²) in [6, 6.07) is -0.870. The fraction of sp³-hybridized carbons (Fsp3) is 0.741. The average Bonchev–Trinajstić information content (AvgIpc) is 3.43. The molecule has 3 saturated heterocycles. The van der Waals surface area contributed by atoms with Gasteiger partial charge in [0.2, 0.25) is 11.8 Å². The second-order valence-electron chi connectivity index (χ2n) is 10.1. The molecule has 4 unspecified atom stereocenters. The van der Waals surface area contributed by atoms with Crippen molar-refractivity contribution in [2.75, 3.05) is 26.3 Å². The summed E-state index contributed by atoms with van der Waals surface area (Å²) in [6.07, 6.45) is 7.62. The summed E-state index contributed by atoms with van der Waals surface area (Å²) in [7, 11) is 0. The molecule has 2 bridgehead atoms. The van der Waals surface area contributed by atoms with Crippen molar-refractivity contribution >= 4 is 33.7 Å². The van der Waals surface area contributed by atoms with Gasteiger partial charge in [-0.2, -0.15) is 0 Å². The molecule has 7 atom stereocenters. The molecule has 0 radical (unpaired) electrons. The molecule has 0 aromatic rings. The molecule has 0 aliphatic carbocycles. The second-order valence-corrected chi connectivity index (χ2v) is 11.3. The number of esters is 1. The van der Waals surface area contributed by atoms with Crippen LogP contribution < -0.4 is 0 Å². The van der Waals surface area contributed by atoms with Crippen LogP contribution in [0.25, 0.3) is 0 Å². The average molecular weight is 570 g/mol. The Bertz CT molecular complexity index is 837. The third-order valence-corrected chi connectivity index (χ3v) is 8.59. The number of nitrogens with zero attached hydrogens (tertiary/aromatic N) is 2. The van der Waals surface area contributed by atoms with E-state index >= 15 is 0 Å². The van der Waals surface area contributed by atoms with E-state index < -0.39 is 35.6 Å². The van der Waals surface area contributed by atoms with Gasteiger partial charge in [-0.25, -0.2) is 0 Å². The second kappa shape index (κ2) is 12.7. The Morgan fingerprint density at radius 1 is 1.33 bits per heavy atom. The number of halogens is 1. The molecule has 3 aliphatic heterocycles. The smallest absolute Gasteiger partial charge is 0.312 e. The zero-order chi connectivity index (χ0) is 26.5. The van der Waals surface area contributed by atoms with Gasteiger partial charge in [0.1, 0.15) is 11.6 Å². The molecule has 9 heteroatoms. The van der Waals surface area contributed by atoms with Gasteiger partial charge < -0.3 is 24.4 Å². The van der Waals surface area contributed by atoms with Crippen LogP contribution in [0.15, 0.2) is 25.3 Å². The maximum absolute atomic E-state index is 14.2. The molecule has 202 valence electrons. The predicted molar refractivity (Wildman–Crippen MR) is 140 cm³/mol. The molecule has 0 aromatic carbocycles. The molecule has 3 aliphatic rings. The minimum absolute atomic E-state index is 0.00699. The monoisotopic (exact) mass is 568 g/mol. The minimum Gasteiger partial charge on any atom is -0.465 e. The number of carbonyl (C=O) groups excluding carboxylic acids is 3. The third-order valence-electron chi connectivity index (χ3n) is 7.75. The summed E-state index contributed by atoms with van der Waals surface area (Å²) in [5.41, 5.74) is -1.09. The van der Waals surface area contributed by atoms with Crippen molar-refractivity contribution in [2.24, 2.45) is 11.8 Å². The van der Waals surface area contributed by atoms with Crippen molar-refractivity contribution in [2.45, 2.75) is 87.4 Å². The van der Waals surface area contributed by atoms with Gasteiger partial charge in [-0.1, -0.05) is 41.4 Å². The van der Waals surface area contributed by atoms with Crippen molar-refractivity contribution < 1.29 is 29.0 Å². The highest BCUT2D eigenvalue weighted by Crippen LogP contribution is 2.60. The number of alkyl halides is 1. The van der Waals surface area contributed by atoms with Crippen molar-refractivity contribution in [3.05, 3.63) is 25.3 Å². The lowest BCUT2D eigenvalue weighted by molar-refractivity contribution is -0.155. The molecule has 0 aromatic heterocycles. The van der Waals surface area contributed by atoms with Crippen LogP contribution in [0, 0.1) is 11.8 Å². The summed E-state index contributed by atoms with van der Waals surface area (Å²) < 4.78 is 12.1. The van der Waals surface area contributed by atoms with Crippen LogP contribution >= 0.6 is 15.9 Å². The highest BCUT2D eigenvalue weighted by molar-refractivity contribution is 9.09. The number of amides is 2. The Morgan fingerprint density at radius 2 is 2.08 bits per heavy atom. The van der Waals surface area contributed by atoms with Gasteiger partial charge in [-0.15, -0.1) is 13.2 Å². The number of rotatable bonds is 15. The zero-order valence-corrected chi connectivity index (χ0v) is 23.2. The van der Waals surface area contributed by atoms with Gasteiger partial charge >= 0.3 is 5.97 Å². The van der Waals surface area contributed by atoms with Crippen LogP contribution in [0.4, 0.5) is 0 Å². The zero-order valence-electron chi connectivity index (χ0n) is 21.6. The van der Waals surface area contributed by atoms with Crippen molar-refractivity contribution in [3.8, 4) is 0 Å². The number of unbranched alkanes of at least 4 members (excludes halogenated alkanes) is 2. The topological polar surface area (TPSA) is 96.4 Å². The third kappa shape index (κ3) is 5.29. The van der Waals surface area contributed by atoms with E-state index in [1.165, 1.54) is 0 Å². The van der Waals surface area contributed by atoms with Gasteiger partial charge in [0.25, 0.3) is 0 Å². The maximum atomic E-state index is 14.2. The van der Waals surface area contributed by atoms with Crippen LogP contribution in [-0.2, 0) is 23.9 Å². The molecule has 1 spiro atoms. The van der Waals surface area contributed by atoms with E-state index in [0.29, 0.717) is 38.8 Å². The van der Waals surface area contributed by atoms with E-state index in [-0.39, 0.29) is 35.9 Å². The lowest BCUT2D eigenvalue weighted by Crippen LogP contribution is -2.58. The first-order chi connectivity index (χ1) is 17.3. The number of aliphatic hydroxyl groups is 1. The molecule has 36 heavy (non-hydrogen) atoms. The Hall–Kier alpha value is -1.71. The normalized spacial score (nSPS) is 31.3. The summed E-state index contributed by atoms with van der Waals surface area (Å²) in [6.45, 7) is 12.6. The van der Waals surface area contributed by atoms with Gasteiger partial charge in [-0.3, -0.25) is 14.4 Å². The fourth-order valence-corrected chi connectivity index (χ4v) is 7.11. The molecule has 3 rings (SSSR count). The molecule has 3 heterocycles. The van der Waals surface area contributed by atoms with Gasteiger partial charge in [0.15, 0.2) is 0 Å². The van der Waals surface area contributed by atoms with Gasteiger partial charge in [0.05, 0.1) is 24.5 Å². The number of ether oxygens (including phenoxy) is 2. The summed E-state index contributed by atoms with van der Waals surface area (Å²) in [5, 5.41) is 9.32. The van der Waals surface area contributed by atoms with Crippen molar-refractivity contribution in [1.82, 2.24) is 9.80 Å². The first-order valence-electron chi connectivity index (χ1n) is 13.2. The maximum Gasteiger partial charge on any atom is 0.312 e. The largest absolute Gasteiger partial charge is 0.465 e. The highest BCUT2D eigenvalue weighted by atomic mass is 79.9. The number of carbonyl (C=O) groups is 3. The summed E-state index contributed by atoms with van der Waals surface area (Å²) >= 11 is 3.68. The van der Waals surface area contributed by atoms with Crippen molar-refractivity contribution in [1.29, 1.82) is 0 Å². The molecule has 0 saturated carbocycles. The van der Waals surface area contributed by atoms with E-state index in [0.717, 1.165) is 19.3 Å². The molecular weight excluding hydrogens is 528 g/mol. The number of fused-ring (bicyclic) bond motifs is 1. The molecule has 8 nitrogen and oxygen atoms in total. The number of hydrogen-bond acceptors (Lipinski definition) is 6. The number of hydrogen-bond donors (Lipinski definition) is 1. The standard InChI is InChI=1S/C27H41BrN2O6/c1-5-8-11-16-35-26(34)20-21-24(32)30(14-9-10-15-31)23(27(21)17-19(28)22(20)36-27)25(33)29(13-7-3)18(4)12-6-2/h5,7,18-23,31H,1,3,6,8-17H2,2,4H3/t18?,19?,20-,21+,22-,23?,27?/m1/s1.